The van der Waals surface area contributed by atoms with Crippen molar-refractivity contribution in [1.29, 1.82) is 0 Å². The number of rotatable bonds is 2. The van der Waals surface area contributed by atoms with Gasteiger partial charge in [0, 0.05) is 22.4 Å². The maximum absolute atomic E-state index is 10.5. The third-order valence-electron chi connectivity index (χ3n) is 3.63. The Morgan fingerprint density at radius 1 is 1.37 bits per heavy atom. The average Bonchev–Trinajstić information content (AvgIpc) is 2.47. The third kappa shape index (κ3) is 2.66. The number of hydrogen-bond acceptors (Lipinski definition) is 3. The molecule has 4 heteroatoms. The summed E-state index contributed by atoms with van der Waals surface area (Å²) in [4.78, 5) is 4.60. The minimum Gasteiger partial charge on any atom is -0.386 e. The van der Waals surface area contributed by atoms with Crippen molar-refractivity contribution < 1.29 is 9.84 Å². The van der Waals surface area contributed by atoms with E-state index in [9.17, 15) is 5.11 Å². The summed E-state index contributed by atoms with van der Waals surface area (Å²) in [5.41, 5.74) is 1.63. The fourth-order valence-electron chi connectivity index (χ4n) is 2.55. The van der Waals surface area contributed by atoms with Crippen LogP contribution in [0.5, 0.6) is 0 Å². The Kier molecular flexibility index (Phi) is 3.82. The van der Waals surface area contributed by atoms with E-state index in [0.717, 1.165) is 34.8 Å². The lowest BCUT2D eigenvalue weighted by atomic mass is 9.93. The number of aliphatic hydroxyl groups is 1. The van der Waals surface area contributed by atoms with Gasteiger partial charge < -0.3 is 9.84 Å². The lowest BCUT2D eigenvalue weighted by molar-refractivity contribution is -0.0117. The van der Waals surface area contributed by atoms with E-state index in [1.807, 2.05) is 30.3 Å². The van der Waals surface area contributed by atoms with Gasteiger partial charge in [-0.3, -0.25) is 0 Å². The predicted octanol–water partition coefficient (Wildman–Crippen LogP) is 3.46. The van der Waals surface area contributed by atoms with Crippen molar-refractivity contribution in [2.24, 2.45) is 5.92 Å². The number of pyridine rings is 1. The zero-order chi connectivity index (χ0) is 13.2. The Morgan fingerprint density at radius 2 is 2.21 bits per heavy atom. The van der Waals surface area contributed by atoms with Gasteiger partial charge in [0.2, 0.25) is 0 Å². The molecule has 100 valence electrons. The second kappa shape index (κ2) is 5.57. The van der Waals surface area contributed by atoms with E-state index >= 15 is 0 Å². The van der Waals surface area contributed by atoms with Crippen LogP contribution in [0.2, 0.25) is 0 Å². The van der Waals surface area contributed by atoms with E-state index < -0.39 is 6.10 Å². The summed E-state index contributed by atoms with van der Waals surface area (Å²) in [6, 6.07) is 9.96. The first-order chi connectivity index (χ1) is 9.25. The highest BCUT2D eigenvalue weighted by molar-refractivity contribution is 9.10. The van der Waals surface area contributed by atoms with Gasteiger partial charge in [0.05, 0.1) is 17.8 Å². The van der Waals surface area contributed by atoms with Crippen LogP contribution in [0.15, 0.2) is 34.8 Å². The molecule has 0 amide bonds. The molecule has 1 aliphatic heterocycles. The summed E-state index contributed by atoms with van der Waals surface area (Å²) in [5.74, 6) is 0.138. The van der Waals surface area contributed by atoms with E-state index in [-0.39, 0.29) is 5.92 Å². The van der Waals surface area contributed by atoms with Crippen molar-refractivity contribution >= 4 is 26.8 Å². The molecule has 1 saturated heterocycles. The van der Waals surface area contributed by atoms with Gasteiger partial charge in [-0.25, -0.2) is 4.98 Å². The molecule has 2 unspecified atom stereocenters. The highest BCUT2D eigenvalue weighted by Gasteiger charge is 2.26. The molecule has 1 aliphatic rings. The minimum atomic E-state index is -0.570. The van der Waals surface area contributed by atoms with Gasteiger partial charge in [0.15, 0.2) is 0 Å². The number of hydrogen-bond donors (Lipinski definition) is 1. The third-order valence-corrected chi connectivity index (χ3v) is 4.26. The molecule has 0 spiro atoms. The number of halogens is 1. The number of nitrogens with zero attached hydrogens (tertiary/aromatic N) is 1. The quantitative estimate of drug-likeness (QED) is 0.921. The number of ether oxygens (including phenoxy) is 1. The monoisotopic (exact) mass is 321 g/mol. The Morgan fingerprint density at radius 3 is 3.00 bits per heavy atom. The Bertz CT molecular complexity index is 581. The Balaban J connectivity index is 1.96. The second-order valence-corrected chi connectivity index (χ2v) is 5.82. The summed E-state index contributed by atoms with van der Waals surface area (Å²) in [6.07, 6.45) is 1.42. The number of aromatic nitrogens is 1. The lowest BCUT2D eigenvalue weighted by Gasteiger charge is -2.27. The Hall–Kier alpha value is -0.970. The molecule has 1 aromatic heterocycles. The molecule has 2 atom stereocenters. The normalized spacial score (nSPS) is 21.5. The maximum Gasteiger partial charge on any atom is 0.102 e. The van der Waals surface area contributed by atoms with Crippen LogP contribution in [0.25, 0.3) is 10.9 Å². The van der Waals surface area contributed by atoms with Gasteiger partial charge in [-0.05, 0) is 40.9 Å². The fourth-order valence-corrected chi connectivity index (χ4v) is 3.12. The average molecular weight is 322 g/mol. The van der Waals surface area contributed by atoms with Gasteiger partial charge in [0.1, 0.15) is 6.10 Å². The van der Waals surface area contributed by atoms with Gasteiger partial charge in [0.25, 0.3) is 0 Å². The molecule has 2 heterocycles. The molecule has 3 rings (SSSR count). The van der Waals surface area contributed by atoms with Gasteiger partial charge in [-0.2, -0.15) is 0 Å². The first-order valence-electron chi connectivity index (χ1n) is 6.56. The van der Waals surface area contributed by atoms with E-state index in [1.165, 1.54) is 0 Å². The molecule has 1 aromatic carbocycles. The smallest absolute Gasteiger partial charge is 0.102 e. The number of para-hydroxylation sites is 1. The summed E-state index contributed by atoms with van der Waals surface area (Å²) < 4.78 is 6.31. The van der Waals surface area contributed by atoms with Crippen LogP contribution in [0.3, 0.4) is 0 Å². The molecular weight excluding hydrogens is 306 g/mol. The minimum absolute atomic E-state index is 0.138. The molecule has 0 bridgehead atoms. The molecule has 0 saturated carbocycles. The SMILES string of the molecule is OC(c1nc2ccccc2cc1Br)C1CCCOC1. The summed E-state index contributed by atoms with van der Waals surface area (Å²) in [7, 11) is 0. The van der Waals surface area contributed by atoms with Crippen molar-refractivity contribution in [3.8, 4) is 0 Å². The van der Waals surface area contributed by atoms with Gasteiger partial charge in [-0.1, -0.05) is 18.2 Å². The molecule has 0 radical (unpaired) electrons. The second-order valence-electron chi connectivity index (χ2n) is 4.97. The van der Waals surface area contributed by atoms with Crippen LogP contribution in [-0.2, 0) is 4.74 Å². The van der Waals surface area contributed by atoms with Crippen molar-refractivity contribution in [2.75, 3.05) is 13.2 Å². The molecule has 3 nitrogen and oxygen atoms in total. The van der Waals surface area contributed by atoms with Gasteiger partial charge in [-0.15, -0.1) is 0 Å². The van der Waals surface area contributed by atoms with Crippen molar-refractivity contribution in [3.63, 3.8) is 0 Å². The first-order valence-corrected chi connectivity index (χ1v) is 7.36. The standard InChI is InChI=1S/C15H16BrNO2/c16-12-8-10-4-1-2-6-13(10)17-14(12)15(18)11-5-3-7-19-9-11/h1-2,4,6,8,11,15,18H,3,5,7,9H2. The zero-order valence-electron chi connectivity index (χ0n) is 10.6. The zero-order valence-corrected chi connectivity index (χ0v) is 12.1. The molecular formula is C15H16BrNO2. The topological polar surface area (TPSA) is 42.4 Å². The van der Waals surface area contributed by atoms with Crippen LogP contribution >= 0.6 is 15.9 Å². The van der Waals surface area contributed by atoms with Crippen LogP contribution < -0.4 is 0 Å². The summed E-state index contributed by atoms with van der Waals surface area (Å²) >= 11 is 3.52. The Labute approximate surface area is 120 Å². The maximum atomic E-state index is 10.5. The highest BCUT2D eigenvalue weighted by Crippen LogP contribution is 2.33. The number of benzene rings is 1. The van der Waals surface area contributed by atoms with Crippen LogP contribution in [0.4, 0.5) is 0 Å². The van der Waals surface area contributed by atoms with Gasteiger partial charge >= 0.3 is 0 Å². The van der Waals surface area contributed by atoms with E-state index in [1.54, 1.807) is 0 Å². The number of aliphatic hydroxyl groups excluding tert-OH is 1. The summed E-state index contributed by atoms with van der Waals surface area (Å²) in [5, 5.41) is 11.6. The predicted molar refractivity (Wildman–Crippen MR) is 77.9 cm³/mol. The molecule has 1 fully saturated rings. The highest BCUT2D eigenvalue weighted by atomic mass is 79.9. The molecule has 1 N–H and O–H groups in total. The molecule has 0 aliphatic carbocycles. The van der Waals surface area contributed by atoms with Crippen LogP contribution in [0.1, 0.15) is 24.6 Å². The molecule has 2 aromatic rings. The van der Waals surface area contributed by atoms with Crippen molar-refractivity contribution in [2.45, 2.75) is 18.9 Å². The van der Waals surface area contributed by atoms with Crippen molar-refractivity contribution in [3.05, 3.63) is 40.5 Å². The van der Waals surface area contributed by atoms with E-state index in [4.69, 9.17) is 4.74 Å². The van der Waals surface area contributed by atoms with Crippen molar-refractivity contribution in [1.82, 2.24) is 4.98 Å². The lowest BCUT2D eigenvalue weighted by Crippen LogP contribution is -2.24. The number of fused-ring (bicyclic) bond motifs is 1. The van der Waals surface area contributed by atoms with E-state index in [2.05, 4.69) is 20.9 Å². The van der Waals surface area contributed by atoms with E-state index in [0.29, 0.717) is 12.3 Å². The van der Waals surface area contributed by atoms with Crippen LogP contribution in [-0.4, -0.2) is 23.3 Å². The fraction of sp³-hybridized carbons (Fsp3) is 0.400. The van der Waals surface area contributed by atoms with Crippen LogP contribution in [0, 0.1) is 5.92 Å². The summed E-state index contributed by atoms with van der Waals surface area (Å²) in [6.45, 7) is 1.41. The molecule has 19 heavy (non-hydrogen) atoms. The first kappa shape index (κ1) is 13.0. The largest absolute Gasteiger partial charge is 0.386 e.